The van der Waals surface area contributed by atoms with E-state index in [-0.39, 0.29) is 12.5 Å². The standard InChI is InChI=1S/C24H25N5O2/c1-29-14-4-8-23(29)24(31)26-22-16-18(25-13-5-15-30)11-9-17(22)10-12-21-19-6-2-3-7-20(19)27-28-21/h2-4,6-12,14,16,25,30H,5,13,15H2,1H3,(H,26,31)(H,27,28). The monoisotopic (exact) mass is 415 g/mol. The molecule has 0 spiro atoms. The summed E-state index contributed by atoms with van der Waals surface area (Å²) in [5.41, 5.74) is 4.81. The molecule has 4 N–H and O–H groups in total. The first-order chi connectivity index (χ1) is 15.2. The second kappa shape index (κ2) is 9.32. The minimum absolute atomic E-state index is 0.128. The third-order valence-electron chi connectivity index (χ3n) is 5.06. The van der Waals surface area contributed by atoms with Crippen LogP contribution in [0.5, 0.6) is 0 Å². The van der Waals surface area contributed by atoms with Gasteiger partial charge in [-0.25, -0.2) is 0 Å². The number of aliphatic hydroxyl groups excluding tert-OH is 1. The molecule has 0 aliphatic heterocycles. The second-order valence-corrected chi connectivity index (χ2v) is 7.25. The zero-order valence-corrected chi connectivity index (χ0v) is 17.3. The summed E-state index contributed by atoms with van der Waals surface area (Å²) in [6, 6.07) is 17.4. The quantitative estimate of drug-likeness (QED) is 0.326. The number of hydrogen-bond donors (Lipinski definition) is 4. The van der Waals surface area contributed by atoms with Crippen LogP contribution in [0.1, 0.15) is 28.2 Å². The summed E-state index contributed by atoms with van der Waals surface area (Å²) in [5.74, 6) is -0.181. The SMILES string of the molecule is Cn1cccc1C(=O)Nc1cc(NCCCO)ccc1C=Cc1n[nH]c2ccccc12. The molecule has 7 heteroatoms. The van der Waals surface area contributed by atoms with Gasteiger partial charge < -0.3 is 20.3 Å². The third kappa shape index (κ3) is 4.67. The van der Waals surface area contributed by atoms with E-state index in [1.54, 1.807) is 10.6 Å². The lowest BCUT2D eigenvalue weighted by atomic mass is 10.1. The Morgan fingerprint density at radius 1 is 1.16 bits per heavy atom. The van der Waals surface area contributed by atoms with Crippen molar-refractivity contribution in [2.45, 2.75) is 6.42 Å². The number of hydrogen-bond acceptors (Lipinski definition) is 4. The fourth-order valence-electron chi connectivity index (χ4n) is 3.40. The number of aromatic amines is 1. The van der Waals surface area contributed by atoms with E-state index in [9.17, 15) is 4.79 Å². The molecular weight excluding hydrogens is 390 g/mol. The molecule has 1 amide bonds. The highest BCUT2D eigenvalue weighted by atomic mass is 16.3. The lowest BCUT2D eigenvalue weighted by Crippen LogP contribution is -2.16. The summed E-state index contributed by atoms with van der Waals surface area (Å²) >= 11 is 0. The van der Waals surface area contributed by atoms with Crippen LogP contribution < -0.4 is 10.6 Å². The van der Waals surface area contributed by atoms with Crippen molar-refractivity contribution < 1.29 is 9.90 Å². The van der Waals surface area contributed by atoms with E-state index in [1.165, 1.54) is 0 Å². The van der Waals surface area contributed by atoms with Gasteiger partial charge in [0.1, 0.15) is 5.69 Å². The van der Waals surface area contributed by atoms with Crippen molar-refractivity contribution >= 4 is 40.3 Å². The van der Waals surface area contributed by atoms with Gasteiger partial charge in [-0.15, -0.1) is 0 Å². The van der Waals surface area contributed by atoms with E-state index >= 15 is 0 Å². The van der Waals surface area contributed by atoms with Crippen LogP contribution >= 0.6 is 0 Å². The van der Waals surface area contributed by atoms with Gasteiger partial charge in [0.05, 0.1) is 16.9 Å². The molecule has 0 aliphatic carbocycles. The summed E-state index contributed by atoms with van der Waals surface area (Å²) in [5, 5.41) is 23.8. The normalized spacial score (nSPS) is 11.3. The Kier molecular flexibility index (Phi) is 6.14. The zero-order valence-electron chi connectivity index (χ0n) is 17.3. The van der Waals surface area contributed by atoms with Gasteiger partial charge in [-0.1, -0.05) is 30.3 Å². The Hall–Kier alpha value is -3.84. The number of nitrogens with zero attached hydrogens (tertiary/aromatic N) is 2. The first kappa shape index (κ1) is 20.4. The maximum atomic E-state index is 12.8. The van der Waals surface area contributed by atoms with Gasteiger partial charge in [0.25, 0.3) is 5.91 Å². The zero-order chi connectivity index (χ0) is 21.6. The highest BCUT2D eigenvalue weighted by molar-refractivity contribution is 6.05. The van der Waals surface area contributed by atoms with Crippen molar-refractivity contribution in [2.75, 3.05) is 23.8 Å². The molecule has 0 unspecified atom stereocenters. The van der Waals surface area contributed by atoms with Crippen LogP contribution in [-0.4, -0.2) is 38.9 Å². The number of aliphatic hydroxyl groups is 1. The minimum Gasteiger partial charge on any atom is -0.396 e. The Bertz CT molecular complexity index is 1220. The molecular formula is C24H25N5O2. The van der Waals surface area contributed by atoms with E-state index in [0.717, 1.165) is 27.8 Å². The lowest BCUT2D eigenvalue weighted by Gasteiger charge is -2.13. The average Bonchev–Trinajstić information content (AvgIpc) is 3.39. The van der Waals surface area contributed by atoms with Crippen LogP contribution in [0.15, 0.2) is 60.8 Å². The number of nitrogens with one attached hydrogen (secondary N) is 3. The number of para-hydroxylation sites is 1. The number of carbonyl (C=O) groups is 1. The Balaban J connectivity index is 1.63. The summed E-state index contributed by atoms with van der Waals surface area (Å²) in [6.07, 6.45) is 6.37. The molecule has 2 heterocycles. The molecule has 4 aromatic rings. The maximum Gasteiger partial charge on any atom is 0.272 e. The molecule has 2 aromatic heterocycles. The molecule has 0 bridgehead atoms. The van der Waals surface area contributed by atoms with Gasteiger partial charge in [0.15, 0.2) is 0 Å². The summed E-state index contributed by atoms with van der Waals surface area (Å²) < 4.78 is 1.78. The largest absolute Gasteiger partial charge is 0.396 e. The van der Waals surface area contributed by atoms with Crippen LogP contribution in [-0.2, 0) is 7.05 Å². The molecule has 2 aromatic carbocycles. The average molecular weight is 415 g/mol. The lowest BCUT2D eigenvalue weighted by molar-refractivity contribution is 0.101. The van der Waals surface area contributed by atoms with Crippen molar-refractivity contribution in [2.24, 2.45) is 7.05 Å². The summed E-state index contributed by atoms with van der Waals surface area (Å²) in [7, 11) is 1.84. The second-order valence-electron chi connectivity index (χ2n) is 7.25. The van der Waals surface area contributed by atoms with Crippen LogP contribution in [0, 0.1) is 0 Å². The number of anilines is 2. The fraction of sp³-hybridized carbons (Fsp3) is 0.167. The van der Waals surface area contributed by atoms with E-state index in [1.807, 2.05) is 73.9 Å². The molecule has 0 saturated carbocycles. The van der Waals surface area contributed by atoms with E-state index in [0.29, 0.717) is 24.3 Å². The molecule has 158 valence electrons. The number of carbonyl (C=O) groups excluding carboxylic acids is 1. The maximum absolute atomic E-state index is 12.8. The molecule has 0 saturated heterocycles. The Morgan fingerprint density at radius 2 is 2.03 bits per heavy atom. The molecule has 0 aliphatic rings. The smallest absolute Gasteiger partial charge is 0.272 e. The number of fused-ring (bicyclic) bond motifs is 1. The van der Waals surface area contributed by atoms with Gasteiger partial charge >= 0.3 is 0 Å². The van der Waals surface area contributed by atoms with Crippen LogP contribution in [0.25, 0.3) is 23.1 Å². The van der Waals surface area contributed by atoms with Crippen molar-refractivity contribution in [3.8, 4) is 0 Å². The minimum atomic E-state index is -0.181. The number of aryl methyl sites for hydroxylation is 1. The van der Waals surface area contributed by atoms with Crippen LogP contribution in [0.4, 0.5) is 11.4 Å². The fourth-order valence-corrected chi connectivity index (χ4v) is 3.40. The highest BCUT2D eigenvalue weighted by Gasteiger charge is 2.12. The first-order valence-electron chi connectivity index (χ1n) is 10.2. The first-order valence-corrected chi connectivity index (χ1v) is 10.2. The molecule has 0 fully saturated rings. The number of rotatable bonds is 8. The predicted molar refractivity (Wildman–Crippen MR) is 125 cm³/mol. The van der Waals surface area contributed by atoms with Crippen molar-refractivity contribution in [3.63, 3.8) is 0 Å². The van der Waals surface area contributed by atoms with Gasteiger partial charge in [-0.3, -0.25) is 9.89 Å². The Labute approximate surface area is 180 Å². The van der Waals surface area contributed by atoms with Gasteiger partial charge in [-0.05, 0) is 48.4 Å². The van der Waals surface area contributed by atoms with E-state index in [4.69, 9.17) is 5.11 Å². The van der Waals surface area contributed by atoms with Gasteiger partial charge in [0, 0.05) is 37.5 Å². The molecule has 4 rings (SSSR count). The van der Waals surface area contributed by atoms with Gasteiger partial charge in [-0.2, -0.15) is 5.10 Å². The van der Waals surface area contributed by atoms with Crippen LogP contribution in [0.2, 0.25) is 0 Å². The summed E-state index contributed by atoms with van der Waals surface area (Å²) in [6.45, 7) is 0.776. The van der Waals surface area contributed by atoms with Crippen molar-refractivity contribution in [1.29, 1.82) is 0 Å². The highest BCUT2D eigenvalue weighted by Crippen LogP contribution is 2.25. The summed E-state index contributed by atoms with van der Waals surface area (Å²) in [4.78, 5) is 12.8. The van der Waals surface area contributed by atoms with Crippen LogP contribution in [0.3, 0.4) is 0 Å². The van der Waals surface area contributed by atoms with E-state index < -0.39 is 0 Å². The molecule has 0 radical (unpaired) electrons. The third-order valence-corrected chi connectivity index (χ3v) is 5.06. The van der Waals surface area contributed by atoms with Crippen molar-refractivity contribution in [3.05, 3.63) is 77.7 Å². The van der Waals surface area contributed by atoms with Gasteiger partial charge in [0.2, 0.25) is 0 Å². The number of amides is 1. The molecule has 7 nitrogen and oxygen atoms in total. The number of benzene rings is 2. The van der Waals surface area contributed by atoms with E-state index in [2.05, 4.69) is 20.8 Å². The topological polar surface area (TPSA) is 95.0 Å². The molecule has 31 heavy (non-hydrogen) atoms. The number of aromatic nitrogens is 3. The number of H-pyrrole nitrogens is 1. The van der Waals surface area contributed by atoms with Crippen molar-refractivity contribution in [1.82, 2.24) is 14.8 Å². The predicted octanol–water partition coefficient (Wildman–Crippen LogP) is 4.12. The Morgan fingerprint density at radius 3 is 2.84 bits per heavy atom. The molecule has 0 atom stereocenters.